The highest BCUT2D eigenvalue weighted by molar-refractivity contribution is 7.84. The van der Waals surface area contributed by atoms with E-state index in [0.717, 1.165) is 37.7 Å². The van der Waals surface area contributed by atoms with E-state index in [4.69, 9.17) is 5.14 Å². The zero-order valence-corrected chi connectivity index (χ0v) is 45.1. The molecule has 0 amide bonds. The van der Waals surface area contributed by atoms with Crippen LogP contribution in [0.5, 0.6) is 0 Å². The fourth-order valence-corrected chi connectivity index (χ4v) is 10.9. The molecule has 7 nitrogen and oxygen atoms in total. The molecule has 0 bridgehead atoms. The fourth-order valence-electron chi connectivity index (χ4n) is 9.15. The monoisotopic (exact) mass is 997 g/mol. The minimum Gasteiger partial charge on any atom is -0.294 e. The van der Waals surface area contributed by atoms with Gasteiger partial charge in [-0.3, -0.25) is 9.93 Å². The maximum absolute atomic E-state index is 12.5. The molecular weight excluding hydrogens is 923 g/mol. The standard InChI is InChI=1S/2C20H25NOS.C16H14O.C4H11NOS/c2*1-20(2,3)23(22)21-19-14-13-16(15-9-5-4-6-10-15)17-11-7-8-12-18(17)19;17-16-11-10-13(12-6-2-1-3-7-12)14-8-4-5-9-15(14)16;1-4(2,3)7(5)6/h2*4-12,16,19,21H,13-14H2,1-3H3;1-9,13H,10-11H2;5H2,1-3H3/t16-,19+,23-;16-,19-,23+;;7-/m10.1/s1. The Morgan fingerprint density at radius 2 is 0.700 bits per heavy atom. The zero-order valence-electron chi connectivity index (χ0n) is 42.7. The van der Waals surface area contributed by atoms with E-state index in [1.807, 2.05) is 86.6 Å². The lowest BCUT2D eigenvalue weighted by Gasteiger charge is -2.33. The van der Waals surface area contributed by atoms with Crippen LogP contribution in [0.25, 0.3) is 0 Å². The molecule has 0 radical (unpaired) electrons. The Hall–Kier alpha value is -4.68. The summed E-state index contributed by atoms with van der Waals surface area (Å²) in [6.07, 6.45) is 5.79. The normalized spacial score (nSPS) is 20.9. The maximum atomic E-state index is 12.5. The van der Waals surface area contributed by atoms with Gasteiger partial charge in [0.2, 0.25) is 0 Å². The summed E-state index contributed by atoms with van der Waals surface area (Å²) in [7, 11) is -3.28. The van der Waals surface area contributed by atoms with Crippen LogP contribution in [0, 0.1) is 0 Å². The average Bonchev–Trinajstić information content (AvgIpc) is 3.35. The molecule has 0 saturated heterocycles. The van der Waals surface area contributed by atoms with Gasteiger partial charge in [-0.25, -0.2) is 22.1 Å². The van der Waals surface area contributed by atoms with E-state index in [1.165, 1.54) is 44.5 Å². The first-order valence-corrected chi connectivity index (χ1v) is 28.2. The van der Waals surface area contributed by atoms with Crippen molar-refractivity contribution >= 4 is 38.7 Å². The second-order valence-electron chi connectivity index (χ2n) is 21.4. The van der Waals surface area contributed by atoms with E-state index in [2.05, 4.69) is 149 Å². The van der Waals surface area contributed by atoms with Gasteiger partial charge in [0.1, 0.15) is 0 Å². The molecule has 4 N–H and O–H groups in total. The predicted octanol–water partition coefficient (Wildman–Crippen LogP) is 13.6. The Labute approximate surface area is 427 Å². The number of nitrogens with one attached hydrogen (secondary N) is 2. The molecule has 0 saturated carbocycles. The van der Waals surface area contributed by atoms with Gasteiger partial charge < -0.3 is 0 Å². The second kappa shape index (κ2) is 24.6. The summed E-state index contributed by atoms with van der Waals surface area (Å²) in [5.74, 6) is 1.54. The SMILES string of the molecule is CC(C)(C)[S@@](=O)N[C@H]1CC[C@@H](c2ccccc2)c2ccccc21.CC(C)(C)[S@@](=O)N[C@H]1CC[C@H](c2ccccc2)c2ccccc21.CC(C)(C)[S@](N)=O.O=C1CCC(c2ccccc2)c2ccccc21. The first kappa shape index (κ1) is 54.6. The predicted molar refractivity (Wildman–Crippen MR) is 296 cm³/mol. The molecule has 0 spiro atoms. The third-order valence-electron chi connectivity index (χ3n) is 13.1. The molecule has 9 rings (SSSR count). The van der Waals surface area contributed by atoms with Crippen LogP contribution in [0.4, 0.5) is 0 Å². The van der Waals surface area contributed by atoms with Crippen LogP contribution in [0.2, 0.25) is 0 Å². The molecular formula is C60H75N3O4S3. The molecule has 3 aliphatic rings. The number of hydrogen-bond donors (Lipinski definition) is 3. The lowest BCUT2D eigenvalue weighted by Crippen LogP contribution is -2.37. The fraction of sp³-hybridized carbons (Fsp3) is 0.383. The smallest absolute Gasteiger partial charge is 0.163 e. The Bertz CT molecular complexity index is 2570. The summed E-state index contributed by atoms with van der Waals surface area (Å²) in [4.78, 5) is 11.9. The summed E-state index contributed by atoms with van der Waals surface area (Å²) >= 11 is 0. The Kier molecular flexibility index (Phi) is 19.2. The first-order chi connectivity index (χ1) is 33.2. The molecule has 10 heteroatoms. The van der Waals surface area contributed by atoms with E-state index in [1.54, 1.807) is 0 Å². The Balaban J connectivity index is 0.000000163. The number of benzene rings is 6. The van der Waals surface area contributed by atoms with Gasteiger partial charge in [0.05, 0.1) is 47.2 Å². The number of ketones is 1. The van der Waals surface area contributed by atoms with Gasteiger partial charge in [-0.05, 0) is 139 Å². The molecule has 3 aliphatic carbocycles. The maximum Gasteiger partial charge on any atom is 0.163 e. The average molecular weight is 998 g/mol. The van der Waals surface area contributed by atoms with Crippen molar-refractivity contribution in [1.82, 2.24) is 9.44 Å². The Morgan fingerprint density at radius 1 is 0.400 bits per heavy atom. The number of carbonyl (C=O) groups excluding carboxylic acids is 1. The Morgan fingerprint density at radius 3 is 1.04 bits per heavy atom. The molecule has 0 aromatic heterocycles. The molecule has 6 aromatic rings. The van der Waals surface area contributed by atoms with Gasteiger partial charge in [0, 0.05) is 41.8 Å². The third kappa shape index (κ3) is 14.7. The van der Waals surface area contributed by atoms with E-state index < -0.39 is 33.0 Å². The molecule has 0 fully saturated rings. The van der Waals surface area contributed by atoms with Crippen molar-refractivity contribution in [3.63, 3.8) is 0 Å². The summed E-state index contributed by atoms with van der Waals surface area (Å²) in [5.41, 5.74) is 11.5. The second-order valence-corrected chi connectivity index (χ2v) is 27.2. The van der Waals surface area contributed by atoms with Crippen molar-refractivity contribution < 1.29 is 17.4 Å². The van der Waals surface area contributed by atoms with Gasteiger partial charge in [0.25, 0.3) is 0 Å². The number of rotatable bonds is 7. The van der Waals surface area contributed by atoms with Crippen LogP contribution in [0.1, 0.15) is 186 Å². The van der Waals surface area contributed by atoms with Crippen molar-refractivity contribution in [2.24, 2.45) is 5.14 Å². The summed E-state index contributed by atoms with van der Waals surface area (Å²) < 4.78 is 41.3. The van der Waals surface area contributed by atoms with Crippen molar-refractivity contribution in [2.75, 3.05) is 0 Å². The van der Waals surface area contributed by atoms with E-state index >= 15 is 0 Å². The van der Waals surface area contributed by atoms with Crippen LogP contribution >= 0.6 is 0 Å². The highest BCUT2D eigenvalue weighted by atomic mass is 32.2. The van der Waals surface area contributed by atoms with Crippen molar-refractivity contribution in [1.29, 1.82) is 0 Å². The number of carbonyl (C=O) groups is 1. The zero-order chi connectivity index (χ0) is 50.6. The van der Waals surface area contributed by atoms with Crippen LogP contribution < -0.4 is 14.6 Å². The summed E-state index contributed by atoms with van der Waals surface area (Å²) in [5, 5.41) is 5.04. The first-order valence-electron chi connectivity index (χ1n) is 24.7. The highest BCUT2D eigenvalue weighted by Crippen LogP contribution is 2.43. The molecule has 6 aromatic carbocycles. The quantitative estimate of drug-likeness (QED) is 0.148. The van der Waals surface area contributed by atoms with E-state index in [-0.39, 0.29) is 32.1 Å². The van der Waals surface area contributed by atoms with Crippen LogP contribution in [0.15, 0.2) is 164 Å². The summed E-state index contributed by atoms with van der Waals surface area (Å²) in [6, 6.07) is 57.4. The molecule has 372 valence electrons. The molecule has 70 heavy (non-hydrogen) atoms. The van der Waals surface area contributed by atoms with Crippen LogP contribution in [-0.4, -0.2) is 32.7 Å². The van der Waals surface area contributed by atoms with Crippen molar-refractivity contribution in [3.8, 4) is 0 Å². The molecule has 1 unspecified atom stereocenters. The number of nitrogens with two attached hydrogens (primary N) is 1. The molecule has 0 heterocycles. The largest absolute Gasteiger partial charge is 0.294 e. The van der Waals surface area contributed by atoms with E-state index in [0.29, 0.717) is 24.2 Å². The van der Waals surface area contributed by atoms with Gasteiger partial charge in [-0.2, -0.15) is 0 Å². The van der Waals surface area contributed by atoms with Crippen LogP contribution in [-0.2, 0) is 33.0 Å². The van der Waals surface area contributed by atoms with E-state index in [9.17, 15) is 17.4 Å². The molecule has 8 atom stereocenters. The van der Waals surface area contributed by atoms with Gasteiger partial charge in [-0.15, -0.1) is 0 Å². The number of fused-ring (bicyclic) bond motifs is 3. The van der Waals surface area contributed by atoms with Crippen molar-refractivity contribution in [2.45, 2.75) is 145 Å². The third-order valence-corrected chi connectivity index (χ3v) is 17.5. The summed E-state index contributed by atoms with van der Waals surface area (Å²) in [6.45, 7) is 17.6. The topological polar surface area (TPSA) is 118 Å². The minimum atomic E-state index is -1.18. The van der Waals surface area contributed by atoms with Crippen LogP contribution in [0.3, 0.4) is 0 Å². The minimum absolute atomic E-state index is 0.172. The van der Waals surface area contributed by atoms with Gasteiger partial charge in [0.15, 0.2) is 5.78 Å². The lowest BCUT2D eigenvalue weighted by molar-refractivity contribution is 0.0969. The van der Waals surface area contributed by atoms with Gasteiger partial charge >= 0.3 is 0 Å². The number of hydrogen-bond acceptors (Lipinski definition) is 4. The number of Topliss-reactive ketones (excluding diaryl/α,β-unsaturated/α-hetero) is 1. The van der Waals surface area contributed by atoms with Crippen molar-refractivity contribution in [3.05, 3.63) is 214 Å². The lowest BCUT2D eigenvalue weighted by atomic mass is 9.77. The molecule has 0 aliphatic heterocycles. The van der Waals surface area contributed by atoms with Gasteiger partial charge in [-0.1, -0.05) is 164 Å². The highest BCUT2D eigenvalue weighted by Gasteiger charge is 2.33.